The molecule has 0 saturated heterocycles. The van der Waals surface area contributed by atoms with Crippen LogP contribution in [0.1, 0.15) is 29.8 Å². The van der Waals surface area contributed by atoms with E-state index in [2.05, 4.69) is 20.8 Å². The number of tetrazole rings is 1. The van der Waals surface area contributed by atoms with Gasteiger partial charge in [0.2, 0.25) is 5.91 Å². The van der Waals surface area contributed by atoms with Gasteiger partial charge in [0.05, 0.1) is 17.5 Å². The topological polar surface area (TPSA) is 72.7 Å². The van der Waals surface area contributed by atoms with Crippen LogP contribution in [-0.4, -0.2) is 32.7 Å². The van der Waals surface area contributed by atoms with E-state index in [1.165, 1.54) is 6.07 Å². The first-order valence-electron chi connectivity index (χ1n) is 7.52. The normalized spacial score (nSPS) is 16.0. The third kappa shape index (κ3) is 3.10. The molecule has 1 aromatic heterocycles. The van der Waals surface area contributed by atoms with Gasteiger partial charge < -0.3 is 5.32 Å². The molecule has 1 aromatic carbocycles. The second kappa shape index (κ2) is 5.88. The van der Waals surface area contributed by atoms with Gasteiger partial charge in [0, 0.05) is 6.54 Å². The van der Waals surface area contributed by atoms with E-state index in [4.69, 9.17) is 0 Å². The lowest BCUT2D eigenvalue weighted by Gasteiger charge is -2.17. The average Bonchev–Trinajstić information content (AvgIpc) is 3.26. The molecule has 1 amide bonds. The van der Waals surface area contributed by atoms with E-state index in [1.807, 2.05) is 0 Å². The molecule has 0 aliphatic heterocycles. The Hall–Kier alpha value is -2.45. The van der Waals surface area contributed by atoms with Crippen molar-refractivity contribution in [3.63, 3.8) is 0 Å². The molecule has 1 heterocycles. The van der Waals surface area contributed by atoms with Crippen LogP contribution in [0.15, 0.2) is 24.3 Å². The zero-order valence-electron chi connectivity index (χ0n) is 13.0. The molecule has 0 unspecified atom stereocenters. The fraction of sp³-hybridized carbons (Fsp3) is 0.467. The molecule has 1 N–H and O–H groups in total. The van der Waals surface area contributed by atoms with Crippen molar-refractivity contribution < 1.29 is 18.0 Å². The Morgan fingerprint density at radius 1 is 1.38 bits per heavy atom. The number of hydrogen-bond acceptors (Lipinski definition) is 4. The van der Waals surface area contributed by atoms with Gasteiger partial charge >= 0.3 is 6.18 Å². The molecule has 1 aliphatic rings. The van der Waals surface area contributed by atoms with Gasteiger partial charge in [-0.15, -0.1) is 5.10 Å². The molecule has 9 heteroatoms. The van der Waals surface area contributed by atoms with Gasteiger partial charge in [-0.25, -0.2) is 4.68 Å². The summed E-state index contributed by atoms with van der Waals surface area (Å²) in [5.74, 6) is 0.371. The number of carbonyl (C=O) groups is 1. The van der Waals surface area contributed by atoms with Crippen molar-refractivity contribution in [2.45, 2.75) is 37.9 Å². The molecule has 128 valence electrons. The van der Waals surface area contributed by atoms with E-state index in [1.54, 1.807) is 17.7 Å². The quantitative estimate of drug-likeness (QED) is 0.902. The predicted molar refractivity (Wildman–Crippen MR) is 77.9 cm³/mol. The maximum absolute atomic E-state index is 12.9. The van der Waals surface area contributed by atoms with E-state index in [-0.39, 0.29) is 5.91 Å². The van der Waals surface area contributed by atoms with Crippen LogP contribution < -0.4 is 5.32 Å². The van der Waals surface area contributed by atoms with Crippen LogP contribution in [0, 0.1) is 6.92 Å². The number of carbonyl (C=O) groups excluding carboxylic acids is 1. The van der Waals surface area contributed by atoms with E-state index < -0.39 is 17.2 Å². The van der Waals surface area contributed by atoms with Gasteiger partial charge in [0.15, 0.2) is 0 Å². The fourth-order valence-electron chi connectivity index (χ4n) is 2.67. The molecule has 0 radical (unpaired) electrons. The number of hydrogen-bond donors (Lipinski definition) is 1. The highest BCUT2D eigenvalue weighted by Crippen LogP contribution is 2.49. The van der Waals surface area contributed by atoms with Crippen LogP contribution in [-0.2, 0) is 22.9 Å². The largest absolute Gasteiger partial charge is 0.416 e. The number of benzene rings is 1. The van der Waals surface area contributed by atoms with Gasteiger partial charge in [0.25, 0.3) is 0 Å². The summed E-state index contributed by atoms with van der Waals surface area (Å²) in [4.78, 5) is 12.4. The molecule has 0 atom stereocenters. The third-order valence-corrected chi connectivity index (χ3v) is 4.25. The van der Waals surface area contributed by atoms with Crippen LogP contribution >= 0.6 is 0 Å². The first-order valence-corrected chi connectivity index (χ1v) is 7.52. The van der Waals surface area contributed by atoms with Crippen molar-refractivity contribution in [2.24, 2.45) is 0 Å². The number of nitrogens with zero attached hydrogens (tertiary/aromatic N) is 4. The summed E-state index contributed by atoms with van der Waals surface area (Å²) in [5.41, 5.74) is -1.17. The molecule has 6 nitrogen and oxygen atoms in total. The SMILES string of the molecule is Cc1nnnn1CCNC(=O)C1(c2cccc(C(F)(F)F)c2)CC1. The first-order chi connectivity index (χ1) is 11.3. The highest BCUT2D eigenvalue weighted by molar-refractivity contribution is 5.91. The number of rotatable bonds is 5. The zero-order valence-corrected chi connectivity index (χ0v) is 13.0. The number of amides is 1. The van der Waals surface area contributed by atoms with Crippen LogP contribution in [0.25, 0.3) is 0 Å². The Kier molecular flexibility index (Phi) is 4.02. The Morgan fingerprint density at radius 3 is 2.71 bits per heavy atom. The highest BCUT2D eigenvalue weighted by Gasteiger charge is 2.51. The summed E-state index contributed by atoms with van der Waals surface area (Å²) in [6.45, 7) is 2.46. The van der Waals surface area contributed by atoms with Crippen LogP contribution in [0.4, 0.5) is 13.2 Å². The fourth-order valence-corrected chi connectivity index (χ4v) is 2.67. The summed E-state index contributed by atoms with van der Waals surface area (Å²) in [5, 5.41) is 13.8. The minimum absolute atomic E-state index is 0.257. The second-order valence-electron chi connectivity index (χ2n) is 5.87. The first kappa shape index (κ1) is 16.4. The smallest absolute Gasteiger partial charge is 0.353 e. The van der Waals surface area contributed by atoms with Gasteiger partial charge in [-0.1, -0.05) is 18.2 Å². The van der Waals surface area contributed by atoms with Gasteiger partial charge in [-0.2, -0.15) is 13.2 Å². The number of halogens is 3. The van der Waals surface area contributed by atoms with Crippen LogP contribution in [0.3, 0.4) is 0 Å². The number of aromatic nitrogens is 4. The Labute approximate surface area is 136 Å². The van der Waals surface area contributed by atoms with E-state index in [0.29, 0.717) is 37.3 Å². The van der Waals surface area contributed by atoms with E-state index in [9.17, 15) is 18.0 Å². The number of alkyl halides is 3. The molecule has 1 fully saturated rings. The van der Waals surface area contributed by atoms with Crippen molar-refractivity contribution in [3.05, 3.63) is 41.2 Å². The summed E-state index contributed by atoms with van der Waals surface area (Å²) < 4.78 is 40.1. The summed E-state index contributed by atoms with van der Waals surface area (Å²) in [7, 11) is 0. The predicted octanol–water partition coefficient (Wildman–Crippen LogP) is 1.85. The zero-order chi connectivity index (χ0) is 17.4. The minimum Gasteiger partial charge on any atom is -0.353 e. The monoisotopic (exact) mass is 339 g/mol. The molecular weight excluding hydrogens is 323 g/mol. The summed E-state index contributed by atoms with van der Waals surface area (Å²) in [6.07, 6.45) is -3.33. The lowest BCUT2D eigenvalue weighted by atomic mass is 9.93. The van der Waals surface area contributed by atoms with Crippen molar-refractivity contribution >= 4 is 5.91 Å². The third-order valence-electron chi connectivity index (χ3n) is 4.25. The molecular formula is C15H16F3N5O. The molecule has 3 rings (SSSR count). The maximum atomic E-state index is 12.9. The summed E-state index contributed by atoms with van der Waals surface area (Å²) in [6, 6.07) is 5.00. The standard InChI is InChI=1S/C15H16F3N5O/c1-10-20-21-22-23(10)8-7-19-13(24)14(5-6-14)11-3-2-4-12(9-11)15(16,17)18/h2-4,9H,5-8H2,1H3,(H,19,24). The Balaban J connectivity index is 1.67. The highest BCUT2D eigenvalue weighted by atomic mass is 19.4. The second-order valence-corrected chi connectivity index (χ2v) is 5.87. The lowest BCUT2D eigenvalue weighted by molar-refractivity contribution is -0.137. The summed E-state index contributed by atoms with van der Waals surface area (Å²) >= 11 is 0. The molecule has 0 spiro atoms. The van der Waals surface area contributed by atoms with E-state index in [0.717, 1.165) is 12.1 Å². The maximum Gasteiger partial charge on any atom is 0.416 e. The van der Waals surface area contributed by atoms with Crippen LogP contribution in [0.5, 0.6) is 0 Å². The van der Waals surface area contributed by atoms with Crippen molar-refractivity contribution in [1.82, 2.24) is 25.5 Å². The van der Waals surface area contributed by atoms with Gasteiger partial charge in [-0.3, -0.25) is 4.79 Å². The minimum atomic E-state index is -4.42. The van der Waals surface area contributed by atoms with E-state index >= 15 is 0 Å². The molecule has 0 bridgehead atoms. The van der Waals surface area contributed by atoms with Gasteiger partial charge in [-0.05, 0) is 41.8 Å². The van der Waals surface area contributed by atoms with Crippen molar-refractivity contribution in [3.8, 4) is 0 Å². The number of nitrogens with one attached hydrogen (secondary N) is 1. The molecule has 1 aliphatic carbocycles. The molecule has 24 heavy (non-hydrogen) atoms. The van der Waals surface area contributed by atoms with Crippen molar-refractivity contribution in [1.29, 1.82) is 0 Å². The van der Waals surface area contributed by atoms with Gasteiger partial charge in [0.1, 0.15) is 5.82 Å². The van der Waals surface area contributed by atoms with Crippen LogP contribution in [0.2, 0.25) is 0 Å². The Morgan fingerprint density at radius 2 is 2.12 bits per heavy atom. The average molecular weight is 339 g/mol. The Bertz CT molecular complexity index is 752. The number of aryl methyl sites for hydroxylation is 1. The molecule has 1 saturated carbocycles. The lowest BCUT2D eigenvalue weighted by Crippen LogP contribution is -2.37. The van der Waals surface area contributed by atoms with Crippen molar-refractivity contribution in [2.75, 3.05) is 6.54 Å². The molecule has 2 aromatic rings.